The predicted molar refractivity (Wildman–Crippen MR) is 67.7 cm³/mol. The molecule has 0 fully saturated rings. The molecule has 0 aliphatic rings. The van der Waals surface area contributed by atoms with E-state index in [4.69, 9.17) is 4.42 Å². The van der Waals surface area contributed by atoms with Gasteiger partial charge in [0.25, 0.3) is 0 Å². The summed E-state index contributed by atoms with van der Waals surface area (Å²) in [4.78, 5) is 0. The fourth-order valence-corrected chi connectivity index (χ4v) is 1.68. The van der Waals surface area contributed by atoms with Crippen molar-refractivity contribution in [3.63, 3.8) is 0 Å². The van der Waals surface area contributed by atoms with E-state index >= 15 is 0 Å². The van der Waals surface area contributed by atoms with Crippen LogP contribution < -0.4 is 0 Å². The van der Waals surface area contributed by atoms with Crippen molar-refractivity contribution in [1.29, 1.82) is 0 Å². The lowest BCUT2D eigenvalue weighted by atomic mass is 10.1. The van der Waals surface area contributed by atoms with Crippen LogP contribution in [0.5, 0.6) is 0 Å². The van der Waals surface area contributed by atoms with Crippen molar-refractivity contribution in [2.45, 2.75) is 40.2 Å². The zero-order valence-electron chi connectivity index (χ0n) is 10.4. The van der Waals surface area contributed by atoms with Crippen molar-refractivity contribution in [1.82, 2.24) is 0 Å². The van der Waals surface area contributed by atoms with Crippen LogP contribution in [0.1, 0.15) is 32.1 Å². The lowest BCUT2D eigenvalue weighted by Gasteiger charge is -2.03. The van der Waals surface area contributed by atoms with E-state index in [0.29, 0.717) is 6.42 Å². The van der Waals surface area contributed by atoms with Crippen LogP contribution in [0.4, 0.5) is 0 Å². The van der Waals surface area contributed by atoms with Crippen LogP contribution in [-0.4, -0.2) is 11.2 Å². The Balaban J connectivity index is 0.000000606. The summed E-state index contributed by atoms with van der Waals surface area (Å²) >= 11 is 0. The summed E-state index contributed by atoms with van der Waals surface area (Å²) in [5.41, 5.74) is 2.02. The number of fused-ring (bicyclic) bond motifs is 1. The van der Waals surface area contributed by atoms with E-state index in [1.807, 2.05) is 45.0 Å². The van der Waals surface area contributed by atoms with Gasteiger partial charge in [0.15, 0.2) is 0 Å². The van der Waals surface area contributed by atoms with Crippen molar-refractivity contribution in [3.05, 3.63) is 35.6 Å². The standard InChI is InChI=1S/C12H14O2.C2H6/c1-8(13)5-10-3-4-11-6-9(2)14-12(11)7-10;1-2/h3-4,6-8,13H,5H2,1-2H3;1-2H3. The fraction of sp³-hybridized carbons (Fsp3) is 0.429. The average Bonchev–Trinajstić information content (AvgIpc) is 2.59. The molecule has 2 heteroatoms. The molecule has 0 aliphatic heterocycles. The van der Waals surface area contributed by atoms with Gasteiger partial charge in [-0.25, -0.2) is 0 Å². The molecule has 88 valence electrons. The number of rotatable bonds is 2. The Morgan fingerprint density at radius 3 is 2.56 bits per heavy atom. The van der Waals surface area contributed by atoms with Crippen molar-refractivity contribution >= 4 is 11.0 Å². The van der Waals surface area contributed by atoms with Crippen molar-refractivity contribution in [2.75, 3.05) is 0 Å². The molecule has 1 unspecified atom stereocenters. The zero-order valence-corrected chi connectivity index (χ0v) is 10.4. The minimum atomic E-state index is -0.302. The van der Waals surface area contributed by atoms with Gasteiger partial charge in [0.05, 0.1) is 6.10 Å². The predicted octanol–water partition coefficient (Wildman–Crippen LogP) is 3.69. The molecule has 16 heavy (non-hydrogen) atoms. The molecule has 1 N–H and O–H groups in total. The lowest BCUT2D eigenvalue weighted by Crippen LogP contribution is -2.03. The second-order valence-electron chi connectivity index (χ2n) is 3.78. The molecule has 2 rings (SSSR count). The SMILES string of the molecule is CC.Cc1cc2ccc(CC(C)O)cc2o1. The monoisotopic (exact) mass is 220 g/mol. The Labute approximate surface area is 96.9 Å². The molecular formula is C14H20O2. The third kappa shape index (κ3) is 3.11. The Morgan fingerprint density at radius 2 is 1.94 bits per heavy atom. The molecule has 2 aromatic rings. The smallest absolute Gasteiger partial charge is 0.134 e. The fourth-order valence-electron chi connectivity index (χ4n) is 1.68. The van der Waals surface area contributed by atoms with Gasteiger partial charge in [-0.2, -0.15) is 0 Å². The molecule has 0 spiro atoms. The van der Waals surface area contributed by atoms with E-state index in [1.54, 1.807) is 6.92 Å². The number of furan rings is 1. The lowest BCUT2D eigenvalue weighted by molar-refractivity contribution is 0.195. The maximum absolute atomic E-state index is 9.25. The molecule has 0 bridgehead atoms. The first-order valence-corrected chi connectivity index (χ1v) is 5.82. The molecular weight excluding hydrogens is 200 g/mol. The van der Waals surface area contributed by atoms with Gasteiger partial charge in [-0.05, 0) is 38.0 Å². The van der Waals surface area contributed by atoms with Gasteiger partial charge in [0, 0.05) is 5.39 Å². The number of hydrogen-bond acceptors (Lipinski definition) is 2. The van der Waals surface area contributed by atoms with Crippen molar-refractivity contribution in [2.24, 2.45) is 0 Å². The summed E-state index contributed by atoms with van der Waals surface area (Å²) in [5, 5.41) is 10.4. The minimum Gasteiger partial charge on any atom is -0.461 e. The van der Waals surface area contributed by atoms with E-state index in [0.717, 1.165) is 22.3 Å². The third-order valence-corrected chi connectivity index (χ3v) is 2.24. The van der Waals surface area contributed by atoms with E-state index in [9.17, 15) is 5.11 Å². The van der Waals surface area contributed by atoms with Gasteiger partial charge in [0.1, 0.15) is 11.3 Å². The van der Waals surface area contributed by atoms with Crippen molar-refractivity contribution < 1.29 is 9.52 Å². The second kappa shape index (κ2) is 5.71. The third-order valence-electron chi connectivity index (χ3n) is 2.24. The van der Waals surface area contributed by atoms with Crippen LogP contribution in [0.25, 0.3) is 11.0 Å². The van der Waals surface area contributed by atoms with Gasteiger partial charge in [0.2, 0.25) is 0 Å². The Bertz CT molecular complexity index is 441. The maximum Gasteiger partial charge on any atom is 0.134 e. The van der Waals surface area contributed by atoms with Gasteiger partial charge < -0.3 is 9.52 Å². The summed E-state index contributed by atoms with van der Waals surface area (Å²) in [6.07, 6.45) is 0.374. The normalized spacial score (nSPS) is 12.1. The number of benzene rings is 1. The quantitative estimate of drug-likeness (QED) is 0.837. The molecule has 1 aromatic heterocycles. The van der Waals surface area contributed by atoms with E-state index < -0.39 is 0 Å². The highest BCUT2D eigenvalue weighted by Crippen LogP contribution is 2.20. The van der Waals surface area contributed by atoms with Crippen LogP contribution in [0, 0.1) is 6.92 Å². The van der Waals surface area contributed by atoms with E-state index in [2.05, 4.69) is 0 Å². The first-order valence-electron chi connectivity index (χ1n) is 5.82. The summed E-state index contributed by atoms with van der Waals surface area (Å²) in [7, 11) is 0. The molecule has 0 amide bonds. The Morgan fingerprint density at radius 1 is 1.25 bits per heavy atom. The molecule has 1 aromatic carbocycles. The molecule has 1 heterocycles. The first-order chi connectivity index (χ1) is 7.65. The Hall–Kier alpha value is -1.28. The molecule has 0 saturated carbocycles. The summed E-state index contributed by atoms with van der Waals surface area (Å²) in [6, 6.07) is 8.07. The van der Waals surface area contributed by atoms with Gasteiger partial charge >= 0.3 is 0 Å². The second-order valence-corrected chi connectivity index (χ2v) is 3.78. The first kappa shape index (κ1) is 12.8. The molecule has 0 aliphatic carbocycles. The van der Waals surface area contributed by atoms with Crippen LogP contribution in [0.3, 0.4) is 0 Å². The zero-order chi connectivity index (χ0) is 12.1. The maximum atomic E-state index is 9.25. The van der Waals surface area contributed by atoms with Crippen LogP contribution >= 0.6 is 0 Å². The van der Waals surface area contributed by atoms with E-state index in [1.165, 1.54) is 0 Å². The minimum absolute atomic E-state index is 0.302. The van der Waals surface area contributed by atoms with E-state index in [-0.39, 0.29) is 6.10 Å². The van der Waals surface area contributed by atoms with Gasteiger partial charge in [-0.15, -0.1) is 0 Å². The Kier molecular flexibility index (Phi) is 4.56. The summed E-state index contributed by atoms with van der Waals surface area (Å²) < 4.78 is 5.51. The van der Waals surface area contributed by atoms with Crippen LogP contribution in [0.2, 0.25) is 0 Å². The van der Waals surface area contributed by atoms with Gasteiger partial charge in [-0.1, -0.05) is 26.0 Å². The molecule has 2 nitrogen and oxygen atoms in total. The highest BCUT2D eigenvalue weighted by atomic mass is 16.3. The number of hydrogen-bond donors (Lipinski definition) is 1. The largest absolute Gasteiger partial charge is 0.461 e. The number of aryl methyl sites for hydroxylation is 1. The highest BCUT2D eigenvalue weighted by molar-refractivity contribution is 5.78. The van der Waals surface area contributed by atoms with Gasteiger partial charge in [-0.3, -0.25) is 0 Å². The average molecular weight is 220 g/mol. The van der Waals surface area contributed by atoms with Crippen molar-refractivity contribution in [3.8, 4) is 0 Å². The molecule has 0 radical (unpaired) electrons. The topological polar surface area (TPSA) is 33.4 Å². The molecule has 0 saturated heterocycles. The summed E-state index contributed by atoms with van der Waals surface area (Å²) in [5.74, 6) is 0.925. The number of aliphatic hydroxyl groups excluding tert-OH is 1. The number of aliphatic hydroxyl groups is 1. The highest BCUT2D eigenvalue weighted by Gasteiger charge is 2.03. The molecule has 1 atom stereocenters. The van der Waals surface area contributed by atoms with Crippen LogP contribution in [0.15, 0.2) is 28.7 Å². The van der Waals surface area contributed by atoms with Crippen LogP contribution in [-0.2, 0) is 6.42 Å². The summed E-state index contributed by atoms with van der Waals surface area (Å²) in [6.45, 7) is 7.73.